The quantitative estimate of drug-likeness (QED) is 0.470. The third kappa shape index (κ3) is 4.59. The molecule has 2 aromatic carbocycles. The minimum absolute atomic E-state index is 0.165. The van der Waals surface area contributed by atoms with Crippen molar-refractivity contribution in [2.45, 2.75) is 45.6 Å². The second kappa shape index (κ2) is 9.21. The molecule has 0 amide bonds. The lowest BCUT2D eigenvalue weighted by molar-refractivity contribution is 0.216. The maximum absolute atomic E-state index is 6.28. The molecule has 1 fully saturated rings. The van der Waals surface area contributed by atoms with Gasteiger partial charge >= 0.3 is 0 Å². The van der Waals surface area contributed by atoms with E-state index in [1.807, 2.05) is 24.3 Å². The Morgan fingerprint density at radius 2 is 1.90 bits per heavy atom. The lowest BCUT2D eigenvalue weighted by Gasteiger charge is -2.23. The molecule has 156 valence electrons. The number of ether oxygens (including phenoxy) is 2. The molecule has 3 aromatic rings. The van der Waals surface area contributed by atoms with Gasteiger partial charge in [-0.25, -0.2) is 4.98 Å². The second-order valence-electron chi connectivity index (χ2n) is 8.08. The van der Waals surface area contributed by atoms with Crippen LogP contribution in [0.4, 0.5) is 5.69 Å². The van der Waals surface area contributed by atoms with Crippen LogP contribution < -0.4 is 14.4 Å². The van der Waals surface area contributed by atoms with Gasteiger partial charge in [0, 0.05) is 30.9 Å². The Morgan fingerprint density at radius 1 is 1.07 bits per heavy atom. The molecular weight excluding hydrogens is 372 g/mol. The maximum atomic E-state index is 6.28. The Kier molecular flexibility index (Phi) is 6.22. The second-order valence-corrected chi connectivity index (χ2v) is 8.08. The summed E-state index contributed by atoms with van der Waals surface area (Å²) in [7, 11) is 0. The van der Waals surface area contributed by atoms with Gasteiger partial charge in [-0.15, -0.1) is 0 Å². The first kappa shape index (κ1) is 20.3. The highest BCUT2D eigenvalue weighted by molar-refractivity contribution is 5.58. The number of hydrogen-bond donors (Lipinski definition) is 0. The van der Waals surface area contributed by atoms with Crippen molar-refractivity contribution in [3.63, 3.8) is 0 Å². The molecule has 4 heteroatoms. The standard InChI is InChI=1S/C26H30N2O2/c1-4-20-17-21(29-25-10-6-5-9-23(25)19(2)3)12-13-24(20)28-16-14-22(18-28)30-26-11-7-8-15-27-26/h5-13,15,17,19,22H,4,14,16,18H2,1-3H3/t22-/m0/s1. The fourth-order valence-corrected chi connectivity index (χ4v) is 4.03. The van der Waals surface area contributed by atoms with E-state index in [-0.39, 0.29) is 6.10 Å². The number of hydrogen-bond acceptors (Lipinski definition) is 4. The van der Waals surface area contributed by atoms with E-state index in [4.69, 9.17) is 9.47 Å². The molecule has 1 aliphatic rings. The Hall–Kier alpha value is -3.01. The van der Waals surface area contributed by atoms with Crippen molar-refractivity contribution in [1.29, 1.82) is 0 Å². The van der Waals surface area contributed by atoms with E-state index in [1.165, 1.54) is 16.8 Å². The third-order valence-corrected chi connectivity index (χ3v) is 5.61. The summed E-state index contributed by atoms with van der Waals surface area (Å²) in [6, 6.07) is 20.5. The summed E-state index contributed by atoms with van der Waals surface area (Å²) in [6.07, 6.45) is 3.90. The predicted octanol–water partition coefficient (Wildman–Crippen LogP) is 6.22. The zero-order valence-electron chi connectivity index (χ0n) is 18.0. The van der Waals surface area contributed by atoms with E-state index in [0.29, 0.717) is 11.8 Å². The van der Waals surface area contributed by atoms with Gasteiger partial charge in [-0.05, 0) is 53.8 Å². The largest absolute Gasteiger partial charge is 0.472 e. The topological polar surface area (TPSA) is 34.6 Å². The molecule has 0 spiro atoms. The molecule has 4 nitrogen and oxygen atoms in total. The van der Waals surface area contributed by atoms with Gasteiger partial charge in [-0.2, -0.15) is 0 Å². The molecule has 0 radical (unpaired) electrons. The minimum Gasteiger partial charge on any atom is -0.472 e. The highest BCUT2D eigenvalue weighted by Crippen LogP contribution is 2.34. The third-order valence-electron chi connectivity index (χ3n) is 5.61. The van der Waals surface area contributed by atoms with Crippen LogP contribution in [0.2, 0.25) is 0 Å². The highest BCUT2D eigenvalue weighted by Gasteiger charge is 2.26. The van der Waals surface area contributed by atoms with Crippen LogP contribution in [-0.4, -0.2) is 24.2 Å². The average Bonchev–Trinajstić information content (AvgIpc) is 3.22. The first-order chi connectivity index (χ1) is 14.6. The van der Waals surface area contributed by atoms with Gasteiger partial charge < -0.3 is 14.4 Å². The maximum Gasteiger partial charge on any atom is 0.213 e. The summed E-state index contributed by atoms with van der Waals surface area (Å²) in [5, 5.41) is 0. The van der Waals surface area contributed by atoms with Crippen LogP contribution in [0.15, 0.2) is 66.9 Å². The van der Waals surface area contributed by atoms with Crippen LogP contribution in [0.3, 0.4) is 0 Å². The highest BCUT2D eigenvalue weighted by atomic mass is 16.5. The Bertz CT molecular complexity index is 972. The van der Waals surface area contributed by atoms with E-state index in [2.05, 4.69) is 67.1 Å². The number of pyridine rings is 1. The number of anilines is 1. The van der Waals surface area contributed by atoms with Crippen LogP contribution in [0, 0.1) is 0 Å². The molecule has 0 saturated carbocycles. The van der Waals surface area contributed by atoms with Gasteiger partial charge in [0.05, 0.1) is 6.54 Å². The number of nitrogens with zero attached hydrogens (tertiary/aromatic N) is 2. The molecule has 1 aromatic heterocycles. The summed E-state index contributed by atoms with van der Waals surface area (Å²) >= 11 is 0. The Balaban J connectivity index is 1.48. The van der Waals surface area contributed by atoms with Gasteiger partial charge in [0.15, 0.2) is 0 Å². The molecule has 30 heavy (non-hydrogen) atoms. The van der Waals surface area contributed by atoms with Gasteiger partial charge in [0.2, 0.25) is 5.88 Å². The summed E-state index contributed by atoms with van der Waals surface area (Å²) in [5.41, 5.74) is 3.80. The molecule has 1 saturated heterocycles. The molecule has 1 atom stereocenters. The zero-order chi connectivity index (χ0) is 20.9. The van der Waals surface area contributed by atoms with Crippen LogP contribution in [0.5, 0.6) is 17.4 Å². The van der Waals surface area contributed by atoms with Crippen LogP contribution >= 0.6 is 0 Å². The minimum atomic E-state index is 0.165. The van der Waals surface area contributed by atoms with E-state index < -0.39 is 0 Å². The molecule has 4 rings (SSSR count). The fourth-order valence-electron chi connectivity index (χ4n) is 4.03. The van der Waals surface area contributed by atoms with Crippen molar-refractivity contribution in [1.82, 2.24) is 4.98 Å². The van der Waals surface area contributed by atoms with Crippen LogP contribution in [0.25, 0.3) is 0 Å². The number of benzene rings is 2. The summed E-state index contributed by atoms with van der Waals surface area (Å²) < 4.78 is 12.3. The number of rotatable bonds is 7. The van der Waals surface area contributed by atoms with Gasteiger partial charge in [-0.1, -0.05) is 45.0 Å². The lowest BCUT2D eigenvalue weighted by atomic mass is 10.0. The monoisotopic (exact) mass is 402 g/mol. The van der Waals surface area contributed by atoms with E-state index in [1.54, 1.807) is 6.20 Å². The molecular formula is C26H30N2O2. The van der Waals surface area contributed by atoms with Gasteiger partial charge in [0.1, 0.15) is 17.6 Å². The van der Waals surface area contributed by atoms with E-state index >= 15 is 0 Å². The van der Waals surface area contributed by atoms with Crippen molar-refractivity contribution in [2.24, 2.45) is 0 Å². The number of para-hydroxylation sites is 1. The Morgan fingerprint density at radius 3 is 2.67 bits per heavy atom. The summed E-state index contributed by atoms with van der Waals surface area (Å²) in [6.45, 7) is 8.45. The predicted molar refractivity (Wildman–Crippen MR) is 122 cm³/mol. The molecule has 0 bridgehead atoms. The zero-order valence-corrected chi connectivity index (χ0v) is 18.0. The molecule has 0 aliphatic carbocycles. The van der Waals surface area contributed by atoms with Crippen LogP contribution in [0.1, 0.15) is 44.2 Å². The van der Waals surface area contributed by atoms with Crippen molar-refractivity contribution in [3.8, 4) is 17.4 Å². The molecule has 0 unspecified atom stereocenters. The molecule has 2 heterocycles. The molecule has 1 aliphatic heterocycles. The molecule has 0 N–H and O–H groups in total. The van der Waals surface area contributed by atoms with Crippen molar-refractivity contribution in [3.05, 3.63) is 78.0 Å². The average molecular weight is 403 g/mol. The van der Waals surface area contributed by atoms with Gasteiger partial charge in [-0.3, -0.25) is 0 Å². The van der Waals surface area contributed by atoms with Crippen LogP contribution in [-0.2, 0) is 6.42 Å². The van der Waals surface area contributed by atoms with E-state index in [9.17, 15) is 0 Å². The summed E-state index contributed by atoms with van der Waals surface area (Å²) in [5.74, 6) is 2.95. The SMILES string of the molecule is CCc1cc(Oc2ccccc2C(C)C)ccc1N1CC[C@H](Oc2ccccn2)C1. The first-order valence-corrected chi connectivity index (χ1v) is 10.9. The Labute approximate surface area is 179 Å². The number of aryl methyl sites for hydroxylation is 1. The lowest BCUT2D eigenvalue weighted by Crippen LogP contribution is -2.25. The van der Waals surface area contributed by atoms with Crippen molar-refractivity contribution >= 4 is 5.69 Å². The summed E-state index contributed by atoms with van der Waals surface area (Å²) in [4.78, 5) is 6.70. The fraction of sp³-hybridized carbons (Fsp3) is 0.346. The number of aromatic nitrogens is 1. The first-order valence-electron chi connectivity index (χ1n) is 10.9. The van der Waals surface area contributed by atoms with E-state index in [0.717, 1.165) is 37.4 Å². The van der Waals surface area contributed by atoms with Gasteiger partial charge in [0.25, 0.3) is 0 Å². The normalized spacial score (nSPS) is 16.1. The van der Waals surface area contributed by atoms with Crippen molar-refractivity contribution < 1.29 is 9.47 Å². The smallest absolute Gasteiger partial charge is 0.213 e. The van der Waals surface area contributed by atoms with Crippen molar-refractivity contribution in [2.75, 3.05) is 18.0 Å².